The first-order chi connectivity index (χ1) is 9.20. The van der Waals surface area contributed by atoms with Crippen LogP contribution in [0.1, 0.15) is 59.8 Å². The zero-order valence-electron chi connectivity index (χ0n) is 13.0. The highest BCUT2D eigenvalue weighted by Crippen LogP contribution is 2.27. The number of carboxylic acids is 1. The molecule has 0 aromatic carbocycles. The Bertz CT molecular complexity index is 344. The van der Waals surface area contributed by atoms with Crippen molar-refractivity contribution in [1.29, 1.82) is 0 Å². The lowest BCUT2D eigenvalue weighted by Crippen LogP contribution is -2.51. The molecule has 1 aliphatic carbocycles. The summed E-state index contributed by atoms with van der Waals surface area (Å²) in [5.74, 6) is -0.345. The lowest BCUT2D eigenvalue weighted by Gasteiger charge is -2.31. The summed E-state index contributed by atoms with van der Waals surface area (Å²) in [6.07, 6.45) is 4.75. The number of hydrogen-bond acceptors (Lipinski definition) is 2. The first-order valence-corrected chi connectivity index (χ1v) is 7.49. The summed E-state index contributed by atoms with van der Waals surface area (Å²) in [5, 5.41) is 14.7. The van der Waals surface area contributed by atoms with Gasteiger partial charge in [-0.1, -0.05) is 33.6 Å². The Morgan fingerprint density at radius 3 is 2.20 bits per heavy atom. The average molecular weight is 284 g/mol. The van der Waals surface area contributed by atoms with Gasteiger partial charge in [0.25, 0.3) is 0 Å². The highest BCUT2D eigenvalue weighted by atomic mass is 16.4. The third-order valence-electron chi connectivity index (χ3n) is 4.20. The molecule has 116 valence electrons. The van der Waals surface area contributed by atoms with E-state index in [1.807, 2.05) is 27.7 Å². The fourth-order valence-electron chi connectivity index (χ4n) is 2.73. The molecule has 5 heteroatoms. The van der Waals surface area contributed by atoms with Crippen molar-refractivity contribution >= 4 is 12.0 Å². The largest absolute Gasteiger partial charge is 0.481 e. The minimum atomic E-state index is -0.894. The van der Waals surface area contributed by atoms with E-state index in [2.05, 4.69) is 10.6 Å². The molecule has 1 aliphatic rings. The Hall–Kier alpha value is -1.26. The summed E-state index contributed by atoms with van der Waals surface area (Å²) in [5.41, 5.74) is -0.285. The first kappa shape index (κ1) is 16.8. The highest BCUT2D eigenvalue weighted by molar-refractivity contribution is 5.76. The molecule has 3 N–H and O–H groups in total. The molecule has 2 unspecified atom stereocenters. The van der Waals surface area contributed by atoms with Gasteiger partial charge in [-0.2, -0.15) is 0 Å². The van der Waals surface area contributed by atoms with Gasteiger partial charge in [0.2, 0.25) is 0 Å². The van der Waals surface area contributed by atoms with Gasteiger partial charge in [0.1, 0.15) is 0 Å². The quantitative estimate of drug-likeness (QED) is 0.726. The van der Waals surface area contributed by atoms with Crippen LogP contribution in [0.3, 0.4) is 0 Å². The monoisotopic (exact) mass is 284 g/mol. The molecule has 0 saturated heterocycles. The van der Waals surface area contributed by atoms with Crippen molar-refractivity contribution in [3.63, 3.8) is 0 Å². The van der Waals surface area contributed by atoms with Gasteiger partial charge >= 0.3 is 12.0 Å². The minimum absolute atomic E-state index is 0.0608. The zero-order valence-corrected chi connectivity index (χ0v) is 13.0. The number of nitrogens with one attached hydrogen (secondary N) is 2. The average Bonchev–Trinajstić information content (AvgIpc) is 2.79. The van der Waals surface area contributed by atoms with Crippen LogP contribution < -0.4 is 10.6 Å². The van der Waals surface area contributed by atoms with Crippen LogP contribution in [0.4, 0.5) is 4.79 Å². The van der Waals surface area contributed by atoms with Crippen molar-refractivity contribution in [3.05, 3.63) is 0 Å². The number of carboxylic acid groups (broad SMARTS) is 1. The fourth-order valence-corrected chi connectivity index (χ4v) is 2.73. The van der Waals surface area contributed by atoms with E-state index in [1.54, 1.807) is 0 Å². The predicted octanol–water partition coefficient (Wildman–Crippen LogP) is 2.75. The van der Waals surface area contributed by atoms with Crippen molar-refractivity contribution in [2.24, 2.45) is 11.3 Å². The molecule has 0 radical (unpaired) electrons. The molecule has 1 rings (SSSR count). The van der Waals surface area contributed by atoms with Crippen LogP contribution in [0.5, 0.6) is 0 Å². The van der Waals surface area contributed by atoms with Gasteiger partial charge in [-0.3, -0.25) is 4.79 Å². The molecule has 0 aromatic heterocycles. The molecule has 0 heterocycles. The van der Waals surface area contributed by atoms with E-state index in [9.17, 15) is 9.59 Å². The SMILES string of the molecule is CC(NC(=O)NC(CC(=O)O)C(C)(C)C)C1CCCC1. The number of rotatable bonds is 5. The lowest BCUT2D eigenvalue weighted by molar-refractivity contribution is -0.138. The first-order valence-electron chi connectivity index (χ1n) is 7.49. The van der Waals surface area contributed by atoms with Gasteiger partial charge < -0.3 is 15.7 Å². The lowest BCUT2D eigenvalue weighted by atomic mass is 9.85. The van der Waals surface area contributed by atoms with Crippen molar-refractivity contribution in [2.45, 2.75) is 71.9 Å². The molecule has 0 aliphatic heterocycles. The number of carbonyl (C=O) groups excluding carboxylic acids is 1. The number of urea groups is 1. The van der Waals surface area contributed by atoms with Gasteiger partial charge in [-0.25, -0.2) is 4.79 Å². The molecule has 2 atom stereocenters. The molecule has 1 fully saturated rings. The second-order valence-corrected chi connectivity index (χ2v) is 6.97. The normalized spacial score (nSPS) is 19.4. The maximum absolute atomic E-state index is 12.0. The summed E-state index contributed by atoms with van der Waals surface area (Å²) >= 11 is 0. The molecule has 0 bridgehead atoms. The number of amides is 2. The maximum Gasteiger partial charge on any atom is 0.315 e. The number of hydrogen-bond donors (Lipinski definition) is 3. The van der Waals surface area contributed by atoms with Crippen molar-refractivity contribution in [1.82, 2.24) is 10.6 Å². The summed E-state index contributed by atoms with van der Waals surface area (Å²) in [7, 11) is 0. The molecule has 5 nitrogen and oxygen atoms in total. The van der Waals surface area contributed by atoms with Crippen LogP contribution in [-0.4, -0.2) is 29.2 Å². The van der Waals surface area contributed by atoms with Crippen LogP contribution in [0.15, 0.2) is 0 Å². The van der Waals surface area contributed by atoms with Gasteiger partial charge in [0, 0.05) is 12.1 Å². The Morgan fingerprint density at radius 1 is 1.20 bits per heavy atom. The van der Waals surface area contributed by atoms with E-state index in [0.717, 1.165) is 0 Å². The third-order valence-corrected chi connectivity index (χ3v) is 4.20. The fraction of sp³-hybridized carbons (Fsp3) is 0.867. The van der Waals surface area contributed by atoms with Crippen LogP contribution in [0.2, 0.25) is 0 Å². The molecule has 1 saturated carbocycles. The predicted molar refractivity (Wildman–Crippen MR) is 78.6 cm³/mol. The standard InChI is InChI=1S/C15H28N2O3/c1-10(11-7-5-6-8-11)16-14(20)17-12(9-13(18)19)15(2,3)4/h10-12H,5-9H2,1-4H3,(H,18,19)(H2,16,17,20). The highest BCUT2D eigenvalue weighted by Gasteiger charge is 2.29. The van der Waals surface area contributed by atoms with Crippen molar-refractivity contribution < 1.29 is 14.7 Å². The molecule has 0 aromatic rings. The maximum atomic E-state index is 12.0. The molecule has 2 amide bonds. The van der Waals surface area contributed by atoms with E-state index in [1.165, 1.54) is 25.7 Å². The van der Waals surface area contributed by atoms with Gasteiger partial charge in [0.15, 0.2) is 0 Å². The molecule has 20 heavy (non-hydrogen) atoms. The van der Waals surface area contributed by atoms with Crippen molar-refractivity contribution in [2.75, 3.05) is 0 Å². The Kier molecular flexibility index (Phi) is 5.84. The smallest absolute Gasteiger partial charge is 0.315 e. The summed E-state index contributed by atoms with van der Waals surface area (Å²) in [4.78, 5) is 22.9. The van der Waals surface area contributed by atoms with E-state index < -0.39 is 5.97 Å². The van der Waals surface area contributed by atoms with Gasteiger partial charge in [-0.15, -0.1) is 0 Å². The Balaban J connectivity index is 2.50. The molecular formula is C15H28N2O3. The summed E-state index contributed by atoms with van der Waals surface area (Å²) < 4.78 is 0. The molecule has 0 spiro atoms. The van der Waals surface area contributed by atoms with E-state index in [-0.39, 0.29) is 30.0 Å². The molecular weight excluding hydrogens is 256 g/mol. The van der Waals surface area contributed by atoms with E-state index >= 15 is 0 Å². The second kappa shape index (κ2) is 6.95. The van der Waals surface area contributed by atoms with Crippen molar-refractivity contribution in [3.8, 4) is 0 Å². The third kappa shape index (κ3) is 5.39. The van der Waals surface area contributed by atoms with Gasteiger partial charge in [0.05, 0.1) is 6.42 Å². The van der Waals surface area contributed by atoms with Crippen LogP contribution in [0.25, 0.3) is 0 Å². The van der Waals surface area contributed by atoms with E-state index in [4.69, 9.17) is 5.11 Å². The van der Waals surface area contributed by atoms with Gasteiger partial charge in [-0.05, 0) is 31.1 Å². The second-order valence-electron chi connectivity index (χ2n) is 6.97. The minimum Gasteiger partial charge on any atom is -0.481 e. The number of carbonyl (C=O) groups is 2. The topological polar surface area (TPSA) is 78.4 Å². The summed E-state index contributed by atoms with van der Waals surface area (Å²) in [6.45, 7) is 7.82. The van der Waals surface area contributed by atoms with Crippen LogP contribution in [-0.2, 0) is 4.79 Å². The zero-order chi connectivity index (χ0) is 15.3. The van der Waals surface area contributed by atoms with Crippen LogP contribution in [0, 0.1) is 11.3 Å². The Labute approximate surface area is 121 Å². The van der Waals surface area contributed by atoms with Crippen LogP contribution >= 0.6 is 0 Å². The van der Waals surface area contributed by atoms with E-state index in [0.29, 0.717) is 5.92 Å². The number of aliphatic carboxylic acids is 1. The summed E-state index contributed by atoms with van der Waals surface area (Å²) in [6, 6.07) is -0.496. The Morgan fingerprint density at radius 2 is 1.75 bits per heavy atom.